The summed E-state index contributed by atoms with van der Waals surface area (Å²) in [5, 5.41) is 1.08. The third-order valence-corrected chi connectivity index (χ3v) is 7.99. The first-order valence-corrected chi connectivity index (χ1v) is 12.9. The SMILES string of the molecule is O=C(C1CCN(c2nc(-c3cccnc3)nc3sc(-c4ccccc4)cc23)CC1)N1CCCC1. The van der Waals surface area contributed by atoms with Gasteiger partial charge >= 0.3 is 0 Å². The molecule has 0 bridgehead atoms. The molecule has 6 nitrogen and oxygen atoms in total. The molecule has 2 fully saturated rings. The van der Waals surface area contributed by atoms with Crippen molar-refractivity contribution in [2.24, 2.45) is 5.92 Å². The van der Waals surface area contributed by atoms with Gasteiger partial charge in [-0.2, -0.15) is 0 Å². The molecule has 5 heterocycles. The lowest BCUT2D eigenvalue weighted by Crippen LogP contribution is -2.42. The summed E-state index contributed by atoms with van der Waals surface area (Å²) in [6.45, 7) is 3.52. The lowest BCUT2D eigenvalue weighted by Gasteiger charge is -2.34. The van der Waals surface area contributed by atoms with Gasteiger partial charge in [0.1, 0.15) is 10.6 Å². The van der Waals surface area contributed by atoms with E-state index in [-0.39, 0.29) is 5.92 Å². The Labute approximate surface area is 203 Å². The molecular formula is C27H27N5OS. The molecule has 0 aliphatic carbocycles. The number of hydrogen-bond donors (Lipinski definition) is 0. The smallest absolute Gasteiger partial charge is 0.225 e. The van der Waals surface area contributed by atoms with Crippen LogP contribution in [0.3, 0.4) is 0 Å². The van der Waals surface area contributed by atoms with Crippen molar-refractivity contribution in [2.75, 3.05) is 31.1 Å². The van der Waals surface area contributed by atoms with Gasteiger partial charge in [0.2, 0.25) is 5.91 Å². The molecule has 0 spiro atoms. The van der Waals surface area contributed by atoms with E-state index in [4.69, 9.17) is 9.97 Å². The Morgan fingerprint density at radius 1 is 0.912 bits per heavy atom. The van der Waals surface area contributed by atoms with Gasteiger partial charge in [-0.1, -0.05) is 30.3 Å². The summed E-state index contributed by atoms with van der Waals surface area (Å²) in [6.07, 6.45) is 7.61. The van der Waals surface area contributed by atoms with Crippen molar-refractivity contribution in [3.05, 3.63) is 60.9 Å². The number of fused-ring (bicyclic) bond motifs is 1. The standard InChI is InChI=1S/C27H27N5OS/c33-27(32-13-4-5-14-32)20-10-15-31(16-11-20)25-22-17-23(19-7-2-1-3-8-19)34-26(22)30-24(29-25)21-9-6-12-28-18-21/h1-3,6-9,12,17-18,20H,4-5,10-11,13-16H2. The molecule has 4 aromatic rings. The van der Waals surface area contributed by atoms with Gasteiger partial charge < -0.3 is 9.80 Å². The number of thiophene rings is 1. The first kappa shape index (κ1) is 21.2. The summed E-state index contributed by atoms with van der Waals surface area (Å²) >= 11 is 1.70. The second-order valence-corrected chi connectivity index (χ2v) is 10.1. The number of carbonyl (C=O) groups is 1. The number of hydrogen-bond acceptors (Lipinski definition) is 6. The van der Waals surface area contributed by atoms with Crippen molar-refractivity contribution < 1.29 is 4.79 Å². The fourth-order valence-electron chi connectivity index (χ4n) is 5.05. The second-order valence-electron chi connectivity index (χ2n) is 9.10. The first-order chi connectivity index (χ1) is 16.8. The molecule has 0 unspecified atom stereocenters. The molecule has 3 aromatic heterocycles. The van der Waals surface area contributed by atoms with Crippen LogP contribution in [0.5, 0.6) is 0 Å². The Morgan fingerprint density at radius 2 is 1.68 bits per heavy atom. The van der Waals surface area contributed by atoms with Crippen LogP contribution >= 0.6 is 11.3 Å². The molecule has 2 aliphatic heterocycles. The molecule has 1 aromatic carbocycles. The van der Waals surface area contributed by atoms with Crippen molar-refractivity contribution in [1.29, 1.82) is 0 Å². The number of rotatable bonds is 4. The maximum absolute atomic E-state index is 12.9. The molecule has 34 heavy (non-hydrogen) atoms. The normalized spacial score (nSPS) is 16.9. The molecule has 0 radical (unpaired) electrons. The first-order valence-electron chi connectivity index (χ1n) is 12.1. The monoisotopic (exact) mass is 469 g/mol. The molecule has 7 heteroatoms. The molecular weight excluding hydrogens is 442 g/mol. The van der Waals surface area contributed by atoms with Crippen LogP contribution in [0.1, 0.15) is 25.7 Å². The van der Waals surface area contributed by atoms with Crippen LogP contribution in [-0.2, 0) is 4.79 Å². The van der Waals surface area contributed by atoms with E-state index in [1.54, 1.807) is 17.5 Å². The topological polar surface area (TPSA) is 62.2 Å². The predicted molar refractivity (Wildman–Crippen MR) is 137 cm³/mol. The fraction of sp³-hybridized carbons (Fsp3) is 0.333. The largest absolute Gasteiger partial charge is 0.356 e. The van der Waals surface area contributed by atoms with Gasteiger partial charge in [-0.15, -0.1) is 11.3 Å². The number of carbonyl (C=O) groups excluding carboxylic acids is 1. The van der Waals surface area contributed by atoms with Gasteiger partial charge in [-0.3, -0.25) is 9.78 Å². The summed E-state index contributed by atoms with van der Waals surface area (Å²) in [6, 6.07) is 16.6. The number of anilines is 1. The second kappa shape index (κ2) is 9.14. The van der Waals surface area contributed by atoms with E-state index in [0.717, 1.165) is 73.5 Å². The molecule has 6 rings (SSSR count). The number of likely N-dealkylation sites (tertiary alicyclic amines) is 1. The Balaban J connectivity index is 1.34. The molecule has 0 N–H and O–H groups in total. The lowest BCUT2D eigenvalue weighted by molar-refractivity contribution is -0.135. The Morgan fingerprint density at radius 3 is 2.41 bits per heavy atom. The lowest BCUT2D eigenvalue weighted by atomic mass is 9.95. The summed E-state index contributed by atoms with van der Waals surface area (Å²) < 4.78 is 0. The number of piperidine rings is 1. The molecule has 0 saturated carbocycles. The van der Waals surface area contributed by atoms with E-state index in [9.17, 15) is 4.79 Å². The quantitative estimate of drug-likeness (QED) is 0.408. The predicted octanol–water partition coefficient (Wildman–Crippen LogP) is 5.26. The average molecular weight is 470 g/mol. The number of amides is 1. The van der Waals surface area contributed by atoms with E-state index < -0.39 is 0 Å². The van der Waals surface area contributed by atoms with E-state index in [0.29, 0.717) is 11.7 Å². The van der Waals surface area contributed by atoms with Gasteiger partial charge in [0.15, 0.2) is 5.82 Å². The van der Waals surface area contributed by atoms with Crippen LogP contribution < -0.4 is 4.90 Å². The van der Waals surface area contributed by atoms with Gasteiger partial charge in [0.05, 0.1) is 5.39 Å². The van der Waals surface area contributed by atoms with Crippen LogP contribution in [0.15, 0.2) is 60.9 Å². The molecule has 0 atom stereocenters. The molecule has 172 valence electrons. The number of aromatic nitrogens is 3. The summed E-state index contributed by atoms with van der Waals surface area (Å²) in [5.41, 5.74) is 2.11. The van der Waals surface area contributed by atoms with Gasteiger partial charge in [-0.25, -0.2) is 9.97 Å². The summed E-state index contributed by atoms with van der Waals surface area (Å²) in [5.74, 6) is 2.15. The summed E-state index contributed by atoms with van der Waals surface area (Å²) in [7, 11) is 0. The molecule has 2 aliphatic rings. The third-order valence-electron chi connectivity index (χ3n) is 6.91. The van der Waals surface area contributed by atoms with Crippen LogP contribution in [0.25, 0.3) is 32.0 Å². The summed E-state index contributed by atoms with van der Waals surface area (Å²) in [4.78, 5) is 33.7. The number of pyridine rings is 1. The average Bonchev–Trinajstić information content (AvgIpc) is 3.59. The highest BCUT2D eigenvalue weighted by Gasteiger charge is 2.31. The number of nitrogens with zero attached hydrogens (tertiary/aromatic N) is 5. The zero-order valence-electron chi connectivity index (χ0n) is 19.1. The maximum atomic E-state index is 12.9. The van der Waals surface area contributed by atoms with Crippen molar-refractivity contribution in [2.45, 2.75) is 25.7 Å². The van der Waals surface area contributed by atoms with Crippen LogP contribution in [0.2, 0.25) is 0 Å². The number of benzene rings is 1. The highest BCUT2D eigenvalue weighted by atomic mass is 32.1. The van der Waals surface area contributed by atoms with Gasteiger partial charge in [0, 0.05) is 54.9 Å². The van der Waals surface area contributed by atoms with Crippen molar-refractivity contribution in [3.8, 4) is 21.8 Å². The molecule has 1 amide bonds. The minimum atomic E-state index is 0.131. The van der Waals surface area contributed by atoms with Gasteiger partial charge in [-0.05, 0) is 49.4 Å². The zero-order valence-corrected chi connectivity index (χ0v) is 19.9. The molecule has 2 saturated heterocycles. The van der Waals surface area contributed by atoms with Crippen LogP contribution in [0.4, 0.5) is 5.82 Å². The van der Waals surface area contributed by atoms with Crippen molar-refractivity contribution in [3.63, 3.8) is 0 Å². The minimum absolute atomic E-state index is 0.131. The maximum Gasteiger partial charge on any atom is 0.225 e. The van der Waals surface area contributed by atoms with Gasteiger partial charge in [0.25, 0.3) is 0 Å². The van der Waals surface area contributed by atoms with E-state index in [2.05, 4.69) is 45.1 Å². The van der Waals surface area contributed by atoms with E-state index in [1.165, 1.54) is 10.4 Å². The van der Waals surface area contributed by atoms with Crippen LogP contribution in [0, 0.1) is 5.92 Å². The zero-order chi connectivity index (χ0) is 22.9. The Kier molecular flexibility index (Phi) is 5.71. The van der Waals surface area contributed by atoms with E-state index >= 15 is 0 Å². The minimum Gasteiger partial charge on any atom is -0.356 e. The third kappa shape index (κ3) is 4.05. The fourth-order valence-corrected chi connectivity index (χ4v) is 6.08. The Hall–Kier alpha value is -3.32. The highest BCUT2D eigenvalue weighted by Crippen LogP contribution is 2.39. The highest BCUT2D eigenvalue weighted by molar-refractivity contribution is 7.22. The van der Waals surface area contributed by atoms with Crippen molar-refractivity contribution in [1.82, 2.24) is 19.9 Å². The van der Waals surface area contributed by atoms with E-state index in [1.807, 2.05) is 24.4 Å². The van der Waals surface area contributed by atoms with Crippen molar-refractivity contribution >= 4 is 33.3 Å². The Bertz CT molecular complexity index is 1290. The van der Waals surface area contributed by atoms with Crippen LogP contribution in [-0.4, -0.2) is 51.9 Å².